The van der Waals surface area contributed by atoms with E-state index in [4.69, 9.17) is 11.1 Å². The molecule has 0 radical (unpaired) electrons. The molecule has 1 aromatic carbocycles. The Morgan fingerprint density at radius 2 is 1.94 bits per heavy atom. The highest BCUT2D eigenvalue weighted by molar-refractivity contribution is 5.95. The van der Waals surface area contributed by atoms with Gasteiger partial charge in [0.05, 0.1) is 0 Å². The first-order valence-corrected chi connectivity index (χ1v) is 5.42. The van der Waals surface area contributed by atoms with Gasteiger partial charge in [-0.1, -0.05) is 0 Å². The minimum Gasteiger partial charge on any atom is -0.385 e. The topological polar surface area (TPSA) is 65.1 Å². The van der Waals surface area contributed by atoms with Crippen LogP contribution in [0.15, 0.2) is 24.3 Å². The summed E-state index contributed by atoms with van der Waals surface area (Å²) < 4.78 is 0. The van der Waals surface area contributed by atoms with Crippen LogP contribution in [0.1, 0.15) is 12.0 Å². The van der Waals surface area contributed by atoms with Crippen molar-refractivity contribution in [2.75, 3.05) is 32.5 Å². The smallest absolute Gasteiger partial charge is 0.122 e. The summed E-state index contributed by atoms with van der Waals surface area (Å²) in [6.45, 7) is 2.04. The van der Waals surface area contributed by atoms with E-state index < -0.39 is 0 Å². The van der Waals surface area contributed by atoms with E-state index in [0.717, 1.165) is 30.8 Å². The van der Waals surface area contributed by atoms with E-state index in [1.807, 2.05) is 24.3 Å². The zero-order valence-corrected chi connectivity index (χ0v) is 9.96. The number of hydrogen-bond donors (Lipinski definition) is 3. The number of nitrogens with one attached hydrogen (secondary N) is 2. The van der Waals surface area contributed by atoms with E-state index in [1.165, 1.54) is 0 Å². The number of nitrogens with zero attached hydrogens (tertiary/aromatic N) is 1. The van der Waals surface area contributed by atoms with Crippen molar-refractivity contribution in [3.63, 3.8) is 0 Å². The Morgan fingerprint density at radius 1 is 1.31 bits per heavy atom. The van der Waals surface area contributed by atoms with Crippen LogP contribution in [-0.4, -0.2) is 37.9 Å². The van der Waals surface area contributed by atoms with Gasteiger partial charge in [-0.2, -0.15) is 0 Å². The predicted molar refractivity (Wildman–Crippen MR) is 69.1 cm³/mol. The average molecular weight is 220 g/mol. The number of nitrogens with two attached hydrogens (primary N) is 1. The molecule has 0 saturated carbocycles. The van der Waals surface area contributed by atoms with Crippen LogP contribution < -0.4 is 11.1 Å². The van der Waals surface area contributed by atoms with Crippen LogP contribution in [0.2, 0.25) is 0 Å². The Kier molecular flexibility index (Phi) is 4.79. The van der Waals surface area contributed by atoms with E-state index in [9.17, 15) is 0 Å². The summed E-state index contributed by atoms with van der Waals surface area (Å²) in [6.07, 6.45) is 1.11. The Balaban J connectivity index is 2.35. The van der Waals surface area contributed by atoms with Crippen molar-refractivity contribution in [2.24, 2.45) is 5.73 Å². The fraction of sp³-hybridized carbons (Fsp3) is 0.417. The second kappa shape index (κ2) is 6.12. The molecule has 0 aromatic heterocycles. The lowest BCUT2D eigenvalue weighted by molar-refractivity contribution is 0.405. The van der Waals surface area contributed by atoms with Crippen molar-refractivity contribution in [3.8, 4) is 0 Å². The first-order valence-electron chi connectivity index (χ1n) is 5.42. The number of rotatable bonds is 6. The van der Waals surface area contributed by atoms with Crippen LogP contribution in [0, 0.1) is 5.41 Å². The number of anilines is 1. The van der Waals surface area contributed by atoms with Gasteiger partial charge in [0.1, 0.15) is 5.84 Å². The molecular formula is C12H20N4. The van der Waals surface area contributed by atoms with Crippen LogP contribution in [-0.2, 0) is 0 Å². The molecule has 0 atom stereocenters. The molecule has 4 nitrogen and oxygen atoms in total. The van der Waals surface area contributed by atoms with Crippen molar-refractivity contribution in [3.05, 3.63) is 29.8 Å². The third-order valence-electron chi connectivity index (χ3n) is 2.31. The Labute approximate surface area is 97.0 Å². The summed E-state index contributed by atoms with van der Waals surface area (Å²) >= 11 is 0. The molecule has 0 heterocycles. The molecule has 4 heteroatoms. The Hall–Kier alpha value is -1.55. The molecule has 0 aliphatic rings. The molecule has 1 rings (SSSR count). The lowest BCUT2D eigenvalue weighted by Gasteiger charge is -2.10. The maximum Gasteiger partial charge on any atom is 0.122 e. The highest BCUT2D eigenvalue weighted by Gasteiger charge is 1.96. The van der Waals surface area contributed by atoms with Gasteiger partial charge >= 0.3 is 0 Å². The van der Waals surface area contributed by atoms with Crippen molar-refractivity contribution < 1.29 is 0 Å². The summed E-state index contributed by atoms with van der Waals surface area (Å²) in [7, 11) is 4.14. The van der Waals surface area contributed by atoms with Gasteiger partial charge in [0.25, 0.3) is 0 Å². The minimum atomic E-state index is 0.110. The van der Waals surface area contributed by atoms with E-state index >= 15 is 0 Å². The van der Waals surface area contributed by atoms with Gasteiger partial charge < -0.3 is 16.0 Å². The first-order chi connectivity index (χ1) is 7.59. The second-order valence-corrected chi connectivity index (χ2v) is 4.07. The van der Waals surface area contributed by atoms with E-state index in [1.54, 1.807) is 0 Å². The van der Waals surface area contributed by atoms with Crippen molar-refractivity contribution >= 4 is 11.5 Å². The van der Waals surface area contributed by atoms with Gasteiger partial charge in [-0.05, 0) is 51.3 Å². The van der Waals surface area contributed by atoms with Crippen molar-refractivity contribution in [1.29, 1.82) is 5.41 Å². The van der Waals surface area contributed by atoms with Crippen LogP contribution >= 0.6 is 0 Å². The van der Waals surface area contributed by atoms with Gasteiger partial charge in [-0.15, -0.1) is 0 Å². The monoisotopic (exact) mass is 220 g/mol. The summed E-state index contributed by atoms with van der Waals surface area (Å²) in [5, 5.41) is 10.6. The molecule has 4 N–H and O–H groups in total. The zero-order chi connectivity index (χ0) is 12.0. The van der Waals surface area contributed by atoms with Gasteiger partial charge in [0, 0.05) is 17.8 Å². The molecule has 0 aliphatic heterocycles. The summed E-state index contributed by atoms with van der Waals surface area (Å²) in [6, 6.07) is 7.62. The number of benzene rings is 1. The first kappa shape index (κ1) is 12.5. The van der Waals surface area contributed by atoms with E-state index in [0.29, 0.717) is 0 Å². The van der Waals surface area contributed by atoms with E-state index in [-0.39, 0.29) is 5.84 Å². The van der Waals surface area contributed by atoms with Crippen molar-refractivity contribution in [1.82, 2.24) is 4.90 Å². The average Bonchev–Trinajstić information content (AvgIpc) is 2.25. The summed E-state index contributed by atoms with van der Waals surface area (Å²) in [4.78, 5) is 2.17. The molecule has 0 saturated heterocycles. The third kappa shape index (κ3) is 4.31. The van der Waals surface area contributed by atoms with Gasteiger partial charge in [0.15, 0.2) is 0 Å². The van der Waals surface area contributed by atoms with Crippen LogP contribution in [0.5, 0.6) is 0 Å². The molecule has 1 aromatic rings. The lowest BCUT2D eigenvalue weighted by atomic mass is 10.2. The zero-order valence-electron chi connectivity index (χ0n) is 9.96. The molecular weight excluding hydrogens is 200 g/mol. The van der Waals surface area contributed by atoms with Crippen LogP contribution in [0.25, 0.3) is 0 Å². The van der Waals surface area contributed by atoms with Crippen LogP contribution in [0.3, 0.4) is 0 Å². The highest BCUT2D eigenvalue weighted by Crippen LogP contribution is 2.08. The predicted octanol–water partition coefficient (Wildman–Crippen LogP) is 1.33. The highest BCUT2D eigenvalue weighted by atomic mass is 15.1. The lowest BCUT2D eigenvalue weighted by Crippen LogP contribution is -2.16. The standard InChI is InChI=1S/C12H20N4/c1-16(2)9-3-8-15-11-6-4-10(5-7-11)12(13)14/h4-7,15H,3,8-9H2,1-2H3,(H3,13,14). The number of hydrogen-bond acceptors (Lipinski definition) is 3. The van der Waals surface area contributed by atoms with Gasteiger partial charge in [-0.3, -0.25) is 5.41 Å². The Morgan fingerprint density at radius 3 is 2.44 bits per heavy atom. The second-order valence-electron chi connectivity index (χ2n) is 4.07. The molecule has 0 amide bonds. The molecule has 0 aliphatic carbocycles. The van der Waals surface area contributed by atoms with Crippen molar-refractivity contribution in [2.45, 2.75) is 6.42 Å². The maximum absolute atomic E-state index is 7.27. The Bertz CT molecular complexity index is 329. The fourth-order valence-electron chi connectivity index (χ4n) is 1.40. The summed E-state index contributed by atoms with van der Waals surface area (Å²) in [5.74, 6) is 0.110. The van der Waals surface area contributed by atoms with Gasteiger partial charge in [-0.25, -0.2) is 0 Å². The molecule has 88 valence electrons. The molecule has 0 fully saturated rings. The third-order valence-corrected chi connectivity index (χ3v) is 2.31. The minimum absolute atomic E-state index is 0.110. The van der Waals surface area contributed by atoms with Gasteiger partial charge in [0.2, 0.25) is 0 Å². The number of nitrogen functional groups attached to an aromatic ring is 1. The largest absolute Gasteiger partial charge is 0.385 e. The quantitative estimate of drug-likeness (QED) is 0.385. The number of amidine groups is 1. The normalized spacial score (nSPS) is 10.4. The maximum atomic E-state index is 7.27. The van der Waals surface area contributed by atoms with E-state index in [2.05, 4.69) is 24.3 Å². The van der Waals surface area contributed by atoms with Crippen LogP contribution in [0.4, 0.5) is 5.69 Å². The summed E-state index contributed by atoms with van der Waals surface area (Å²) in [5.41, 5.74) is 7.21. The molecule has 0 bridgehead atoms. The SMILES string of the molecule is CN(C)CCCNc1ccc(C(=N)N)cc1. The molecule has 16 heavy (non-hydrogen) atoms. The molecule has 0 unspecified atom stereocenters. The molecule has 0 spiro atoms. The fourth-order valence-corrected chi connectivity index (χ4v) is 1.40.